The molecule has 2 unspecified atom stereocenters. The Hall–Kier alpha value is -4.11. The van der Waals surface area contributed by atoms with Crippen LogP contribution in [0.4, 0.5) is 0 Å². The third kappa shape index (κ3) is 4.76. The number of aromatic nitrogens is 3. The van der Waals surface area contributed by atoms with Gasteiger partial charge in [-0.25, -0.2) is 15.0 Å². The molecule has 2 aliphatic carbocycles. The van der Waals surface area contributed by atoms with E-state index in [9.17, 15) is 0 Å². The van der Waals surface area contributed by atoms with Gasteiger partial charge in [0.15, 0.2) is 11.6 Å². The number of hydrogen-bond acceptors (Lipinski definition) is 3. The van der Waals surface area contributed by atoms with E-state index in [0.29, 0.717) is 17.5 Å². The quantitative estimate of drug-likeness (QED) is 0.421. The Bertz CT molecular complexity index is 1410. The van der Waals surface area contributed by atoms with Crippen molar-refractivity contribution >= 4 is 11.1 Å². The maximum absolute atomic E-state index is 4.92. The zero-order valence-electron chi connectivity index (χ0n) is 20.4. The van der Waals surface area contributed by atoms with E-state index in [1.165, 1.54) is 11.1 Å². The fourth-order valence-corrected chi connectivity index (χ4v) is 4.55. The van der Waals surface area contributed by atoms with Crippen LogP contribution in [0, 0.1) is 6.92 Å². The van der Waals surface area contributed by atoms with Crippen LogP contribution in [0.25, 0.3) is 11.1 Å². The first kappa shape index (κ1) is 22.7. The summed E-state index contributed by atoms with van der Waals surface area (Å²) in [4.78, 5) is 14.3. The van der Waals surface area contributed by atoms with Crippen molar-refractivity contribution in [2.45, 2.75) is 31.6 Å². The Kier molecular flexibility index (Phi) is 6.00. The monoisotopic (exact) mass is 455 g/mol. The third-order valence-electron chi connectivity index (χ3n) is 6.67. The molecule has 0 fully saturated rings. The van der Waals surface area contributed by atoms with Gasteiger partial charge in [-0.15, -0.1) is 0 Å². The molecule has 0 N–H and O–H groups in total. The van der Waals surface area contributed by atoms with E-state index >= 15 is 0 Å². The fourth-order valence-electron chi connectivity index (χ4n) is 4.55. The molecule has 2 atom stereocenters. The summed E-state index contributed by atoms with van der Waals surface area (Å²) in [6.45, 7) is 6.36. The zero-order chi connectivity index (χ0) is 24.3. The topological polar surface area (TPSA) is 38.7 Å². The van der Waals surface area contributed by atoms with Gasteiger partial charge in [0.1, 0.15) is 5.82 Å². The molecule has 0 aliphatic heterocycles. The normalized spacial score (nSPS) is 23.4. The second-order valence-electron chi connectivity index (χ2n) is 9.46. The van der Waals surface area contributed by atoms with Gasteiger partial charge >= 0.3 is 0 Å². The van der Waals surface area contributed by atoms with Gasteiger partial charge in [0.25, 0.3) is 0 Å². The summed E-state index contributed by atoms with van der Waals surface area (Å²) in [5, 5.41) is 0. The highest BCUT2D eigenvalue weighted by Crippen LogP contribution is 2.34. The van der Waals surface area contributed by atoms with Gasteiger partial charge in [-0.3, -0.25) is 0 Å². The molecular weight excluding hydrogens is 426 g/mol. The van der Waals surface area contributed by atoms with E-state index < -0.39 is 0 Å². The average molecular weight is 456 g/mol. The van der Waals surface area contributed by atoms with E-state index in [4.69, 9.17) is 9.97 Å². The Labute approximate surface area is 207 Å². The van der Waals surface area contributed by atoms with E-state index in [-0.39, 0.29) is 10.8 Å². The van der Waals surface area contributed by atoms with Crippen LogP contribution >= 0.6 is 0 Å². The molecule has 0 saturated heterocycles. The number of hydrogen-bond donors (Lipinski definition) is 0. The van der Waals surface area contributed by atoms with Crippen molar-refractivity contribution in [1.29, 1.82) is 0 Å². The van der Waals surface area contributed by atoms with Crippen molar-refractivity contribution in [2.75, 3.05) is 0 Å². The molecular formula is C32H29N3. The summed E-state index contributed by atoms with van der Waals surface area (Å²) in [7, 11) is 0. The lowest BCUT2D eigenvalue weighted by molar-refractivity contribution is 0.758. The fraction of sp³-hybridized carbons (Fsp3) is 0.156. The first-order valence-electron chi connectivity index (χ1n) is 12.0. The number of benzene rings is 2. The summed E-state index contributed by atoms with van der Waals surface area (Å²) in [5.41, 5.74) is 3.97. The molecule has 1 aromatic heterocycles. The Morgan fingerprint density at radius 2 is 1.17 bits per heavy atom. The Morgan fingerprint density at radius 3 is 1.86 bits per heavy atom. The predicted molar refractivity (Wildman–Crippen MR) is 145 cm³/mol. The van der Waals surface area contributed by atoms with Crippen LogP contribution in [0.5, 0.6) is 0 Å². The lowest BCUT2D eigenvalue weighted by Crippen LogP contribution is -2.16. The number of allylic oxidation sites excluding steroid dienone is 12. The van der Waals surface area contributed by atoms with Crippen LogP contribution in [0.2, 0.25) is 0 Å². The molecule has 0 spiro atoms. The standard InChI is InChI=1S/C32H29N3/c1-24-33-29(25-14-12-21-31(2,22-19-25)27-15-6-4-7-16-27)35-30(34-24)26-13-10-11-20-32(3,23-26)28-17-8-5-9-18-28/h4-23H,1-3H3. The highest BCUT2D eigenvalue weighted by Gasteiger charge is 2.24. The van der Waals surface area contributed by atoms with E-state index in [2.05, 4.69) is 128 Å². The summed E-state index contributed by atoms with van der Waals surface area (Å²) in [5.74, 6) is 2.06. The summed E-state index contributed by atoms with van der Waals surface area (Å²) >= 11 is 0. The van der Waals surface area contributed by atoms with Crippen LogP contribution in [0.3, 0.4) is 0 Å². The molecule has 0 radical (unpaired) electrons. The maximum Gasteiger partial charge on any atom is 0.163 e. The number of rotatable bonds is 4. The molecule has 35 heavy (non-hydrogen) atoms. The SMILES string of the molecule is Cc1nc(C2=CC=CC(C)(c3ccccc3)C=C2)nc(C2=CC(C)(c3ccccc3)C=CC=C2)n1. The molecule has 0 amide bonds. The molecule has 172 valence electrons. The van der Waals surface area contributed by atoms with Gasteiger partial charge in [-0.05, 0) is 31.9 Å². The molecule has 2 aromatic carbocycles. The first-order valence-corrected chi connectivity index (χ1v) is 12.0. The van der Waals surface area contributed by atoms with Crippen LogP contribution in [-0.4, -0.2) is 15.0 Å². The number of aryl methyl sites for hydroxylation is 1. The highest BCUT2D eigenvalue weighted by molar-refractivity contribution is 5.76. The van der Waals surface area contributed by atoms with Crippen LogP contribution < -0.4 is 0 Å². The van der Waals surface area contributed by atoms with Gasteiger partial charge in [-0.2, -0.15) is 0 Å². The minimum absolute atomic E-state index is 0.194. The molecule has 0 saturated carbocycles. The van der Waals surface area contributed by atoms with Crippen LogP contribution in [0.1, 0.15) is 42.4 Å². The largest absolute Gasteiger partial charge is 0.213 e. The average Bonchev–Trinajstić information content (AvgIpc) is 3.22. The van der Waals surface area contributed by atoms with Crippen LogP contribution in [-0.2, 0) is 10.8 Å². The minimum Gasteiger partial charge on any atom is -0.213 e. The summed E-state index contributed by atoms with van der Waals surface area (Å²) in [6, 6.07) is 21.0. The van der Waals surface area contributed by atoms with Crippen molar-refractivity contribution in [3.8, 4) is 0 Å². The van der Waals surface area contributed by atoms with Crippen molar-refractivity contribution in [3.05, 3.63) is 150 Å². The molecule has 2 aliphatic rings. The Morgan fingerprint density at radius 1 is 0.571 bits per heavy atom. The molecule has 0 bridgehead atoms. The minimum atomic E-state index is -0.261. The predicted octanol–water partition coefficient (Wildman–Crippen LogP) is 7.11. The Balaban J connectivity index is 1.52. The highest BCUT2D eigenvalue weighted by atomic mass is 15.0. The van der Waals surface area contributed by atoms with E-state index in [1.54, 1.807) is 0 Å². The van der Waals surface area contributed by atoms with Gasteiger partial charge < -0.3 is 0 Å². The van der Waals surface area contributed by atoms with Crippen LogP contribution in [0.15, 0.2) is 121 Å². The lowest BCUT2D eigenvalue weighted by Gasteiger charge is -2.23. The van der Waals surface area contributed by atoms with E-state index in [0.717, 1.165) is 11.1 Å². The van der Waals surface area contributed by atoms with Crippen molar-refractivity contribution < 1.29 is 0 Å². The van der Waals surface area contributed by atoms with Gasteiger partial charge in [0.05, 0.1) is 0 Å². The first-order chi connectivity index (χ1) is 17.0. The van der Waals surface area contributed by atoms with Gasteiger partial charge in [0.2, 0.25) is 0 Å². The summed E-state index contributed by atoms with van der Waals surface area (Å²) in [6.07, 6.45) is 21.4. The maximum atomic E-state index is 4.92. The van der Waals surface area contributed by atoms with Crippen molar-refractivity contribution in [3.63, 3.8) is 0 Å². The smallest absolute Gasteiger partial charge is 0.163 e. The van der Waals surface area contributed by atoms with Gasteiger partial charge in [0, 0.05) is 22.0 Å². The molecule has 3 heteroatoms. The second-order valence-corrected chi connectivity index (χ2v) is 9.46. The number of nitrogens with zero attached hydrogens (tertiary/aromatic N) is 3. The molecule has 1 heterocycles. The van der Waals surface area contributed by atoms with Crippen molar-refractivity contribution in [1.82, 2.24) is 15.0 Å². The zero-order valence-corrected chi connectivity index (χ0v) is 20.4. The molecule has 3 nitrogen and oxygen atoms in total. The molecule has 5 rings (SSSR count). The molecule has 3 aromatic rings. The second kappa shape index (κ2) is 9.27. The van der Waals surface area contributed by atoms with E-state index in [1.807, 2.05) is 19.1 Å². The van der Waals surface area contributed by atoms with Gasteiger partial charge in [-0.1, -0.05) is 121 Å². The lowest BCUT2D eigenvalue weighted by atomic mass is 9.81. The van der Waals surface area contributed by atoms with Crippen molar-refractivity contribution in [2.24, 2.45) is 0 Å². The summed E-state index contributed by atoms with van der Waals surface area (Å²) < 4.78 is 0. The third-order valence-corrected chi connectivity index (χ3v) is 6.67.